The van der Waals surface area contributed by atoms with Crippen LogP contribution >= 0.6 is 0 Å². The summed E-state index contributed by atoms with van der Waals surface area (Å²) in [5, 5.41) is 1.71. The number of fused-ring (bicyclic) bond motifs is 1. The van der Waals surface area contributed by atoms with Gasteiger partial charge in [-0.15, -0.1) is 0 Å². The van der Waals surface area contributed by atoms with Gasteiger partial charge in [0.05, 0.1) is 17.2 Å². The summed E-state index contributed by atoms with van der Waals surface area (Å²) in [6.07, 6.45) is 0. The van der Waals surface area contributed by atoms with Gasteiger partial charge in [0.1, 0.15) is 5.75 Å². The first kappa shape index (κ1) is 18.8. The van der Waals surface area contributed by atoms with Crippen LogP contribution in [0.2, 0.25) is 0 Å². The highest BCUT2D eigenvalue weighted by atomic mass is 32.2. The van der Waals surface area contributed by atoms with E-state index in [0.717, 1.165) is 22.2 Å². The Hall–Kier alpha value is -2.57. The maximum Gasteiger partial charge on any atom is 0.243 e. The monoisotopic (exact) mass is 396 g/mol. The molecule has 5 nitrogen and oxygen atoms in total. The van der Waals surface area contributed by atoms with Gasteiger partial charge in [0.2, 0.25) is 10.0 Å². The number of para-hydroxylation sites is 2. The van der Waals surface area contributed by atoms with E-state index in [1.165, 1.54) is 0 Å². The molecule has 4 rings (SSSR count). The topological polar surface area (TPSA) is 49.9 Å². The molecule has 0 radical (unpaired) electrons. The molecular weight excluding hydrogens is 372 g/mol. The minimum Gasteiger partial charge on any atom is -0.492 e. The molecule has 0 bridgehead atoms. The van der Waals surface area contributed by atoms with Crippen molar-refractivity contribution in [3.05, 3.63) is 66.7 Å². The minimum absolute atomic E-state index is 0.383. The van der Waals surface area contributed by atoms with Crippen molar-refractivity contribution in [1.29, 1.82) is 0 Å². The molecule has 28 heavy (non-hydrogen) atoms. The molecule has 3 aromatic carbocycles. The number of anilines is 1. The Bertz CT molecular complexity index is 1070. The van der Waals surface area contributed by atoms with Crippen LogP contribution in [0.4, 0.5) is 5.69 Å². The molecule has 0 spiro atoms. The van der Waals surface area contributed by atoms with Crippen molar-refractivity contribution < 1.29 is 13.2 Å². The average molecular weight is 397 g/mol. The number of rotatable bonds is 5. The van der Waals surface area contributed by atoms with E-state index in [1.54, 1.807) is 10.4 Å². The zero-order valence-electron chi connectivity index (χ0n) is 15.9. The second-order valence-electron chi connectivity index (χ2n) is 6.77. The second kappa shape index (κ2) is 7.81. The van der Waals surface area contributed by atoms with E-state index in [2.05, 4.69) is 4.90 Å². The fourth-order valence-corrected chi connectivity index (χ4v) is 5.36. The zero-order valence-corrected chi connectivity index (χ0v) is 16.7. The van der Waals surface area contributed by atoms with Crippen molar-refractivity contribution in [2.75, 3.05) is 37.7 Å². The van der Waals surface area contributed by atoms with Crippen molar-refractivity contribution in [3.63, 3.8) is 0 Å². The highest BCUT2D eigenvalue weighted by Gasteiger charge is 2.30. The Morgan fingerprint density at radius 2 is 1.54 bits per heavy atom. The maximum atomic E-state index is 13.3. The first-order valence-corrected chi connectivity index (χ1v) is 11.0. The fourth-order valence-electron chi connectivity index (χ4n) is 3.73. The molecule has 1 aliphatic rings. The van der Waals surface area contributed by atoms with E-state index in [4.69, 9.17) is 4.74 Å². The Morgan fingerprint density at radius 3 is 2.32 bits per heavy atom. The molecule has 0 atom stereocenters. The molecule has 1 fully saturated rings. The maximum absolute atomic E-state index is 13.3. The molecule has 0 N–H and O–H groups in total. The van der Waals surface area contributed by atoms with Crippen molar-refractivity contribution in [3.8, 4) is 5.75 Å². The molecule has 3 aromatic rings. The van der Waals surface area contributed by atoms with E-state index >= 15 is 0 Å². The summed E-state index contributed by atoms with van der Waals surface area (Å²) in [7, 11) is -3.54. The van der Waals surface area contributed by atoms with Gasteiger partial charge < -0.3 is 9.64 Å². The van der Waals surface area contributed by atoms with Gasteiger partial charge in [-0.3, -0.25) is 0 Å². The Labute approximate surface area is 166 Å². The minimum atomic E-state index is -3.54. The summed E-state index contributed by atoms with van der Waals surface area (Å²) in [5.74, 6) is 0.843. The number of ether oxygens (including phenoxy) is 1. The van der Waals surface area contributed by atoms with Gasteiger partial charge in [0.15, 0.2) is 0 Å². The van der Waals surface area contributed by atoms with Crippen LogP contribution in [0, 0.1) is 0 Å². The van der Waals surface area contributed by atoms with E-state index in [0.29, 0.717) is 37.7 Å². The predicted molar refractivity (Wildman–Crippen MR) is 113 cm³/mol. The number of benzene rings is 3. The number of hydrogen-bond acceptors (Lipinski definition) is 4. The third-order valence-electron chi connectivity index (χ3n) is 5.11. The molecule has 0 amide bonds. The normalized spacial score (nSPS) is 15.7. The van der Waals surface area contributed by atoms with Gasteiger partial charge in [-0.25, -0.2) is 8.42 Å². The Balaban J connectivity index is 1.57. The third kappa shape index (κ3) is 3.45. The lowest BCUT2D eigenvalue weighted by molar-refractivity contribution is 0.337. The molecular formula is C22H24N2O3S. The van der Waals surface area contributed by atoms with Gasteiger partial charge in [-0.2, -0.15) is 4.31 Å². The van der Waals surface area contributed by atoms with Crippen molar-refractivity contribution >= 4 is 26.5 Å². The van der Waals surface area contributed by atoms with Gasteiger partial charge >= 0.3 is 0 Å². The van der Waals surface area contributed by atoms with E-state index in [-0.39, 0.29) is 0 Å². The first-order valence-electron chi connectivity index (χ1n) is 9.56. The lowest BCUT2D eigenvalue weighted by atomic mass is 10.1. The average Bonchev–Trinajstić information content (AvgIpc) is 2.74. The van der Waals surface area contributed by atoms with Crippen LogP contribution < -0.4 is 9.64 Å². The fraction of sp³-hybridized carbons (Fsp3) is 0.273. The molecule has 0 aromatic heterocycles. The molecule has 6 heteroatoms. The number of hydrogen-bond donors (Lipinski definition) is 0. The molecule has 1 heterocycles. The van der Waals surface area contributed by atoms with Gasteiger partial charge in [-0.1, -0.05) is 48.5 Å². The summed E-state index contributed by atoms with van der Waals surface area (Å²) in [6.45, 7) is 4.73. The van der Waals surface area contributed by atoms with Crippen molar-refractivity contribution in [2.24, 2.45) is 0 Å². The quantitative estimate of drug-likeness (QED) is 0.659. The molecule has 0 aliphatic carbocycles. The molecule has 146 valence electrons. The molecule has 1 aliphatic heterocycles. The van der Waals surface area contributed by atoms with Gasteiger partial charge in [-0.05, 0) is 30.5 Å². The van der Waals surface area contributed by atoms with Crippen LogP contribution in [-0.2, 0) is 10.0 Å². The summed E-state index contributed by atoms with van der Waals surface area (Å²) < 4.78 is 33.9. The Kier molecular flexibility index (Phi) is 5.24. The number of sulfonamides is 1. The largest absolute Gasteiger partial charge is 0.492 e. The Morgan fingerprint density at radius 1 is 0.857 bits per heavy atom. The lowest BCUT2D eigenvalue weighted by Gasteiger charge is -2.36. The van der Waals surface area contributed by atoms with Crippen LogP contribution in [0.5, 0.6) is 5.75 Å². The summed E-state index contributed by atoms with van der Waals surface area (Å²) in [4.78, 5) is 2.58. The summed E-state index contributed by atoms with van der Waals surface area (Å²) in [6, 6.07) is 21.0. The highest BCUT2D eigenvalue weighted by Crippen LogP contribution is 2.31. The SMILES string of the molecule is CCOc1ccccc1N1CCN(S(=O)(=O)c2cccc3ccccc23)CC1. The molecule has 0 saturated carbocycles. The third-order valence-corrected chi connectivity index (χ3v) is 7.07. The van der Waals surface area contributed by atoms with Crippen LogP contribution in [0.1, 0.15) is 6.92 Å². The number of piperazine rings is 1. The lowest BCUT2D eigenvalue weighted by Crippen LogP contribution is -2.48. The van der Waals surface area contributed by atoms with Crippen LogP contribution in [0.25, 0.3) is 10.8 Å². The smallest absolute Gasteiger partial charge is 0.243 e. The first-order chi connectivity index (χ1) is 13.6. The summed E-state index contributed by atoms with van der Waals surface area (Å²) in [5.41, 5.74) is 1.02. The van der Waals surface area contributed by atoms with Crippen LogP contribution in [-0.4, -0.2) is 45.5 Å². The van der Waals surface area contributed by atoms with E-state index in [1.807, 2.05) is 67.6 Å². The van der Waals surface area contributed by atoms with Crippen molar-refractivity contribution in [1.82, 2.24) is 4.31 Å². The van der Waals surface area contributed by atoms with Gasteiger partial charge in [0, 0.05) is 31.6 Å². The molecule has 0 unspecified atom stereocenters. The zero-order chi connectivity index (χ0) is 19.6. The molecule has 1 saturated heterocycles. The van der Waals surface area contributed by atoms with Crippen LogP contribution in [0.3, 0.4) is 0 Å². The second-order valence-corrected chi connectivity index (χ2v) is 8.68. The van der Waals surface area contributed by atoms with E-state index in [9.17, 15) is 8.42 Å². The van der Waals surface area contributed by atoms with Crippen molar-refractivity contribution in [2.45, 2.75) is 11.8 Å². The number of nitrogens with zero attached hydrogens (tertiary/aromatic N) is 2. The summed E-state index contributed by atoms with van der Waals surface area (Å²) >= 11 is 0. The van der Waals surface area contributed by atoms with Gasteiger partial charge in [0.25, 0.3) is 0 Å². The van der Waals surface area contributed by atoms with E-state index < -0.39 is 10.0 Å². The predicted octanol–water partition coefficient (Wildman–Crippen LogP) is 3.75. The van der Waals surface area contributed by atoms with Crippen LogP contribution in [0.15, 0.2) is 71.6 Å². The highest BCUT2D eigenvalue weighted by molar-refractivity contribution is 7.89. The standard InChI is InChI=1S/C22H24N2O3S/c1-2-27-21-12-6-5-11-20(21)23-14-16-24(17-15-23)28(25,26)22-13-7-9-18-8-3-4-10-19(18)22/h3-13H,2,14-17H2,1H3.